The third-order valence-corrected chi connectivity index (χ3v) is 7.17. The smallest absolute Gasteiger partial charge is 0.283 e. The van der Waals surface area contributed by atoms with Gasteiger partial charge in [0.25, 0.3) is 10.1 Å². The Kier molecular flexibility index (Phi) is 5.98. The fraction of sp³-hybridized carbons (Fsp3) is 0.0526. The Hall–Kier alpha value is -1.67. The van der Waals surface area contributed by atoms with Gasteiger partial charge in [0.2, 0.25) is 0 Å². The summed E-state index contributed by atoms with van der Waals surface area (Å²) in [5.74, 6) is -1.05. The van der Waals surface area contributed by atoms with Crippen LogP contribution in [0.5, 0.6) is 11.5 Å². The molecule has 0 aliphatic heterocycles. The van der Waals surface area contributed by atoms with Crippen molar-refractivity contribution >= 4 is 56.5 Å². The summed E-state index contributed by atoms with van der Waals surface area (Å²) in [6.07, 6.45) is 0. The van der Waals surface area contributed by atoms with E-state index in [-0.39, 0.29) is 31.2 Å². The highest BCUT2D eigenvalue weighted by Crippen LogP contribution is 2.54. The van der Waals surface area contributed by atoms with Crippen LogP contribution in [-0.2, 0) is 14.9 Å². The maximum absolute atomic E-state index is 13.0. The molecule has 0 heterocycles. The Morgan fingerprint density at radius 1 is 0.690 bits per heavy atom. The number of halogens is 4. The highest BCUT2D eigenvalue weighted by molar-refractivity contribution is 7.87. The minimum Gasteiger partial charge on any atom is -0.508 e. The number of hydrogen-bond donors (Lipinski definition) is 3. The molecule has 0 spiro atoms. The van der Waals surface area contributed by atoms with Gasteiger partial charge in [-0.3, -0.25) is 4.55 Å². The van der Waals surface area contributed by atoms with E-state index >= 15 is 0 Å². The summed E-state index contributed by atoms with van der Waals surface area (Å²) in [6.45, 7) is 0. The predicted molar refractivity (Wildman–Crippen MR) is 114 cm³/mol. The molecular weight excluding hydrogens is 482 g/mol. The van der Waals surface area contributed by atoms with Crippen LogP contribution in [0.3, 0.4) is 0 Å². The maximum atomic E-state index is 13.0. The monoisotopic (exact) mass is 492 g/mol. The van der Waals surface area contributed by atoms with Gasteiger partial charge >= 0.3 is 0 Å². The Morgan fingerprint density at radius 3 is 1.86 bits per heavy atom. The van der Waals surface area contributed by atoms with Gasteiger partial charge < -0.3 is 10.2 Å². The quantitative estimate of drug-likeness (QED) is 0.239. The molecule has 3 aromatic carbocycles. The molecule has 0 bridgehead atoms. The number of phenols is 2. The summed E-state index contributed by atoms with van der Waals surface area (Å²) >= 11 is 24.7. The summed E-state index contributed by atoms with van der Waals surface area (Å²) in [5, 5.41) is 20.7. The molecule has 0 fully saturated rings. The molecule has 3 aromatic rings. The van der Waals surface area contributed by atoms with Crippen LogP contribution < -0.4 is 0 Å². The first-order chi connectivity index (χ1) is 13.5. The number of rotatable bonds is 4. The molecule has 0 amide bonds. The Morgan fingerprint density at radius 2 is 1.28 bits per heavy atom. The van der Waals surface area contributed by atoms with Gasteiger partial charge in [0.15, 0.2) is 4.75 Å². The SMILES string of the molecule is O=S(=O)(O)C(c1ccccc1O)(c1cc(Cl)c(Cl)cc1Cl)c1c(O)cccc1Cl. The van der Waals surface area contributed by atoms with Crippen molar-refractivity contribution in [2.75, 3.05) is 0 Å². The molecule has 0 aliphatic carbocycles. The van der Waals surface area contributed by atoms with Crippen LogP contribution in [0.25, 0.3) is 0 Å². The number of phenolic OH excluding ortho intramolecular Hbond substituents is 2. The number of benzene rings is 3. The molecule has 0 radical (unpaired) electrons. The molecule has 0 aliphatic rings. The van der Waals surface area contributed by atoms with Crippen LogP contribution in [-0.4, -0.2) is 23.2 Å². The third kappa shape index (κ3) is 3.54. The molecule has 152 valence electrons. The van der Waals surface area contributed by atoms with Gasteiger partial charge in [0, 0.05) is 26.7 Å². The zero-order chi connectivity index (χ0) is 21.6. The van der Waals surface area contributed by atoms with Gasteiger partial charge in [-0.25, -0.2) is 0 Å². The van der Waals surface area contributed by atoms with E-state index in [9.17, 15) is 23.2 Å². The van der Waals surface area contributed by atoms with Crippen molar-refractivity contribution in [1.82, 2.24) is 0 Å². The topological polar surface area (TPSA) is 94.8 Å². The molecule has 10 heteroatoms. The Bertz CT molecular complexity index is 1190. The van der Waals surface area contributed by atoms with E-state index in [1.54, 1.807) is 0 Å². The number of para-hydroxylation sites is 1. The highest BCUT2D eigenvalue weighted by atomic mass is 35.5. The van der Waals surface area contributed by atoms with E-state index in [1.807, 2.05) is 0 Å². The third-order valence-electron chi connectivity index (χ3n) is 4.40. The fourth-order valence-electron chi connectivity index (χ4n) is 3.25. The van der Waals surface area contributed by atoms with Gasteiger partial charge in [0.1, 0.15) is 11.5 Å². The minimum absolute atomic E-state index is 0.0327. The molecule has 3 N–H and O–H groups in total. The van der Waals surface area contributed by atoms with Crippen molar-refractivity contribution < 1.29 is 23.2 Å². The summed E-state index contributed by atoms with van der Waals surface area (Å²) in [5.41, 5.74) is -0.974. The molecule has 1 unspecified atom stereocenters. The lowest BCUT2D eigenvalue weighted by atomic mass is 9.82. The van der Waals surface area contributed by atoms with Gasteiger partial charge in [0.05, 0.1) is 10.0 Å². The van der Waals surface area contributed by atoms with E-state index in [0.29, 0.717) is 0 Å². The Labute approximate surface area is 186 Å². The van der Waals surface area contributed by atoms with Crippen LogP contribution in [0.1, 0.15) is 16.7 Å². The van der Waals surface area contributed by atoms with E-state index in [4.69, 9.17) is 46.4 Å². The van der Waals surface area contributed by atoms with Gasteiger partial charge in [-0.05, 0) is 30.3 Å². The normalized spacial score (nSPS) is 13.8. The van der Waals surface area contributed by atoms with Crippen molar-refractivity contribution in [1.29, 1.82) is 0 Å². The average Bonchev–Trinajstić information content (AvgIpc) is 2.62. The van der Waals surface area contributed by atoms with Crippen molar-refractivity contribution in [2.45, 2.75) is 4.75 Å². The molecule has 3 rings (SSSR count). The van der Waals surface area contributed by atoms with Crippen LogP contribution in [0.2, 0.25) is 20.1 Å². The minimum atomic E-state index is -5.20. The zero-order valence-corrected chi connectivity index (χ0v) is 18.1. The first-order valence-corrected chi connectivity index (χ1v) is 10.9. The second-order valence-corrected chi connectivity index (χ2v) is 9.24. The highest BCUT2D eigenvalue weighted by Gasteiger charge is 2.54. The van der Waals surface area contributed by atoms with Crippen LogP contribution in [0.15, 0.2) is 54.6 Å². The summed E-state index contributed by atoms with van der Waals surface area (Å²) in [6, 6.07) is 11.6. The van der Waals surface area contributed by atoms with Gasteiger partial charge in [-0.2, -0.15) is 8.42 Å². The van der Waals surface area contributed by atoms with Crippen LogP contribution in [0, 0.1) is 0 Å². The first kappa shape index (κ1) is 22.0. The zero-order valence-electron chi connectivity index (χ0n) is 14.3. The molecule has 5 nitrogen and oxygen atoms in total. The molecule has 0 aromatic heterocycles. The van der Waals surface area contributed by atoms with Crippen molar-refractivity contribution in [3.05, 3.63) is 91.4 Å². The van der Waals surface area contributed by atoms with E-state index in [0.717, 1.165) is 6.07 Å². The largest absolute Gasteiger partial charge is 0.508 e. The average molecular weight is 494 g/mol. The number of aromatic hydroxyl groups is 2. The lowest BCUT2D eigenvalue weighted by Gasteiger charge is -2.34. The van der Waals surface area contributed by atoms with Gasteiger partial charge in [-0.1, -0.05) is 70.7 Å². The predicted octanol–water partition coefficient (Wildman–Crippen LogP) is 5.89. The van der Waals surface area contributed by atoms with Gasteiger partial charge in [-0.15, -0.1) is 0 Å². The van der Waals surface area contributed by atoms with Crippen LogP contribution >= 0.6 is 46.4 Å². The van der Waals surface area contributed by atoms with E-state index < -0.39 is 31.9 Å². The molecule has 29 heavy (non-hydrogen) atoms. The fourth-order valence-corrected chi connectivity index (χ4v) is 5.73. The first-order valence-electron chi connectivity index (χ1n) is 7.90. The molecule has 0 saturated carbocycles. The summed E-state index contributed by atoms with van der Waals surface area (Å²) in [4.78, 5) is 0. The van der Waals surface area contributed by atoms with Crippen LogP contribution in [0.4, 0.5) is 0 Å². The molecule has 1 atom stereocenters. The lowest BCUT2D eigenvalue weighted by Crippen LogP contribution is -2.39. The second kappa shape index (κ2) is 7.87. The summed E-state index contributed by atoms with van der Waals surface area (Å²) in [7, 11) is -5.20. The van der Waals surface area contributed by atoms with E-state index in [1.165, 1.54) is 48.5 Å². The van der Waals surface area contributed by atoms with Crippen molar-refractivity contribution in [3.8, 4) is 11.5 Å². The Balaban J connectivity index is 2.68. The lowest BCUT2D eigenvalue weighted by molar-refractivity contribution is 0.428. The standard InChI is InChI=1S/C19H12Cl4O5S/c20-12-5-3-7-17(25)18(12)19(29(26,27)28,10-4-1-2-6-16(10)24)11-8-14(22)15(23)9-13(11)21/h1-9,24-25H,(H,26,27,28). The molecular formula is C19H12Cl4O5S. The second-order valence-electron chi connectivity index (χ2n) is 6.05. The maximum Gasteiger partial charge on any atom is 0.283 e. The van der Waals surface area contributed by atoms with Crippen molar-refractivity contribution in [3.63, 3.8) is 0 Å². The molecule has 0 saturated heterocycles. The van der Waals surface area contributed by atoms with E-state index in [2.05, 4.69) is 0 Å². The number of hydrogen-bond acceptors (Lipinski definition) is 4. The van der Waals surface area contributed by atoms with Crippen molar-refractivity contribution in [2.24, 2.45) is 0 Å². The summed E-state index contributed by atoms with van der Waals surface area (Å²) < 4.78 is 33.9.